The van der Waals surface area contributed by atoms with E-state index in [0.29, 0.717) is 29.5 Å². The molecule has 7 nitrogen and oxygen atoms in total. The minimum absolute atomic E-state index is 0.311. The zero-order chi connectivity index (χ0) is 18.1. The summed E-state index contributed by atoms with van der Waals surface area (Å²) in [5.41, 5.74) is 5.71. The zero-order valence-electron chi connectivity index (χ0n) is 15.9. The van der Waals surface area contributed by atoms with Crippen LogP contribution in [0.4, 0.5) is 4.79 Å². The van der Waals surface area contributed by atoms with Crippen molar-refractivity contribution < 1.29 is 9.53 Å². The molecule has 4 rings (SSSR count). The second kappa shape index (κ2) is 7.25. The van der Waals surface area contributed by atoms with Crippen LogP contribution in [0.3, 0.4) is 0 Å². The van der Waals surface area contributed by atoms with Crippen LogP contribution in [0.15, 0.2) is 4.99 Å². The second-order valence-electron chi connectivity index (χ2n) is 8.37. The summed E-state index contributed by atoms with van der Waals surface area (Å²) in [7, 11) is 0. The molecule has 2 saturated heterocycles. The fraction of sp³-hybridized carbons (Fsp3) is 0.895. The lowest BCUT2D eigenvalue weighted by Crippen LogP contribution is -2.69. The van der Waals surface area contributed by atoms with Gasteiger partial charge in [0.2, 0.25) is 0 Å². The van der Waals surface area contributed by atoms with Gasteiger partial charge in [0.15, 0.2) is 5.96 Å². The number of nitrogens with zero attached hydrogens (tertiary/aromatic N) is 2. The highest BCUT2D eigenvalue weighted by atomic mass is 16.5. The van der Waals surface area contributed by atoms with Crippen LogP contribution in [0.2, 0.25) is 0 Å². The number of amides is 2. The van der Waals surface area contributed by atoms with Crippen molar-refractivity contribution in [2.75, 3.05) is 26.2 Å². The molecule has 2 aliphatic heterocycles. The summed E-state index contributed by atoms with van der Waals surface area (Å²) >= 11 is 0. The van der Waals surface area contributed by atoms with Gasteiger partial charge in [-0.25, -0.2) is 4.79 Å². The third-order valence-corrected chi connectivity index (χ3v) is 7.04. The van der Waals surface area contributed by atoms with Crippen LogP contribution in [-0.4, -0.2) is 61.3 Å². The Morgan fingerprint density at radius 3 is 2.62 bits per heavy atom. The van der Waals surface area contributed by atoms with Gasteiger partial charge < -0.3 is 26.0 Å². The van der Waals surface area contributed by atoms with E-state index in [0.717, 1.165) is 45.0 Å². The maximum absolute atomic E-state index is 11.3. The van der Waals surface area contributed by atoms with E-state index in [1.807, 2.05) is 0 Å². The Morgan fingerprint density at radius 1 is 1.23 bits per heavy atom. The molecule has 0 aromatic carbocycles. The normalized spacial score (nSPS) is 33.8. The lowest BCUT2D eigenvalue weighted by Gasteiger charge is -2.57. The summed E-state index contributed by atoms with van der Waals surface area (Å²) in [5, 5.41) is 7.41. The average Bonchev–Trinajstić information content (AvgIpc) is 3.29. The number of nitrogens with one attached hydrogen (secondary N) is 2. The van der Waals surface area contributed by atoms with E-state index in [4.69, 9.17) is 15.5 Å². The van der Waals surface area contributed by atoms with Gasteiger partial charge >= 0.3 is 6.03 Å². The predicted octanol–water partition coefficient (Wildman–Crippen LogP) is 1.43. The lowest BCUT2D eigenvalue weighted by atomic mass is 9.54. The number of hydrogen-bond donors (Lipinski definition) is 3. The Kier molecular flexibility index (Phi) is 4.99. The number of piperidine rings is 1. The van der Waals surface area contributed by atoms with Crippen LogP contribution in [0, 0.1) is 11.3 Å². The van der Waals surface area contributed by atoms with Crippen molar-refractivity contribution in [3.63, 3.8) is 0 Å². The topological polar surface area (TPSA) is 92.0 Å². The Bertz CT molecular complexity index is 552. The predicted molar refractivity (Wildman–Crippen MR) is 101 cm³/mol. The Hall–Kier alpha value is -1.50. The minimum atomic E-state index is -0.311. The molecule has 4 N–H and O–H groups in total. The number of nitrogens with two attached hydrogens (primary N) is 1. The molecule has 4 fully saturated rings. The van der Waals surface area contributed by atoms with E-state index < -0.39 is 0 Å². The molecule has 1 spiro atoms. The van der Waals surface area contributed by atoms with Crippen LogP contribution < -0.4 is 16.4 Å². The van der Waals surface area contributed by atoms with Gasteiger partial charge in [0.05, 0.1) is 6.10 Å². The van der Waals surface area contributed by atoms with Crippen molar-refractivity contribution in [2.45, 2.75) is 70.1 Å². The summed E-state index contributed by atoms with van der Waals surface area (Å²) < 4.78 is 6.10. The standard InChI is InChI=1S/C19H33N5O2/c1-2-21-18(22-13-5-10-24(11-6-13)17(20)25)23-15-14-7-12-26-16(14)19(15)8-3-4-9-19/h13-16H,2-12H2,1H3,(H2,20,25)(H2,21,22,23). The fourth-order valence-corrected chi connectivity index (χ4v) is 5.78. The van der Waals surface area contributed by atoms with E-state index in [1.54, 1.807) is 4.90 Å². The van der Waals surface area contributed by atoms with Gasteiger partial charge in [-0.05, 0) is 39.0 Å². The second-order valence-corrected chi connectivity index (χ2v) is 8.37. The molecule has 4 aliphatic rings. The monoisotopic (exact) mass is 363 g/mol. The van der Waals surface area contributed by atoms with Crippen LogP contribution in [0.1, 0.15) is 51.9 Å². The number of hydrogen-bond acceptors (Lipinski definition) is 3. The van der Waals surface area contributed by atoms with Gasteiger partial charge in [0.1, 0.15) is 0 Å². The summed E-state index contributed by atoms with van der Waals surface area (Å²) in [6.07, 6.45) is 8.67. The summed E-state index contributed by atoms with van der Waals surface area (Å²) in [4.78, 5) is 17.7. The van der Waals surface area contributed by atoms with E-state index in [-0.39, 0.29) is 6.03 Å². The number of carbonyl (C=O) groups is 1. The molecule has 26 heavy (non-hydrogen) atoms. The molecular weight excluding hydrogens is 330 g/mol. The third kappa shape index (κ3) is 3.04. The van der Waals surface area contributed by atoms with Gasteiger partial charge in [-0.3, -0.25) is 4.99 Å². The molecule has 0 aromatic heterocycles. The quantitative estimate of drug-likeness (QED) is 0.522. The van der Waals surface area contributed by atoms with E-state index in [1.165, 1.54) is 32.1 Å². The van der Waals surface area contributed by atoms with Crippen molar-refractivity contribution in [2.24, 2.45) is 22.1 Å². The highest BCUT2D eigenvalue weighted by molar-refractivity contribution is 5.81. The van der Waals surface area contributed by atoms with Gasteiger partial charge in [0.25, 0.3) is 0 Å². The Morgan fingerprint density at radius 2 is 1.96 bits per heavy atom. The Balaban J connectivity index is 1.38. The summed E-state index contributed by atoms with van der Waals surface area (Å²) in [6.45, 7) is 5.19. The molecule has 2 amide bonds. The summed E-state index contributed by atoms with van der Waals surface area (Å²) in [5.74, 6) is 1.57. The molecule has 2 saturated carbocycles. The molecular formula is C19H33N5O2. The SMILES string of the molecule is CCN=C(NC1CCN(C(N)=O)CC1)NC1C2CCOC2C12CCCC2. The molecule has 0 bridgehead atoms. The molecule has 7 heteroatoms. The lowest BCUT2D eigenvalue weighted by molar-refractivity contribution is -0.125. The van der Waals surface area contributed by atoms with Gasteiger partial charge in [0, 0.05) is 49.7 Å². The van der Waals surface area contributed by atoms with E-state index >= 15 is 0 Å². The number of aliphatic imine (C=N–C) groups is 1. The molecule has 0 radical (unpaired) electrons. The van der Waals surface area contributed by atoms with Crippen molar-refractivity contribution in [1.29, 1.82) is 0 Å². The molecule has 2 heterocycles. The van der Waals surface area contributed by atoms with Crippen molar-refractivity contribution in [3.8, 4) is 0 Å². The highest BCUT2D eigenvalue weighted by Crippen LogP contribution is 2.60. The minimum Gasteiger partial charge on any atom is -0.377 e. The van der Waals surface area contributed by atoms with Crippen LogP contribution >= 0.6 is 0 Å². The first-order chi connectivity index (χ1) is 12.6. The van der Waals surface area contributed by atoms with Crippen molar-refractivity contribution in [1.82, 2.24) is 15.5 Å². The number of likely N-dealkylation sites (tertiary alicyclic amines) is 1. The molecule has 0 aromatic rings. The van der Waals surface area contributed by atoms with E-state index in [2.05, 4.69) is 17.6 Å². The molecule has 3 atom stereocenters. The zero-order valence-corrected chi connectivity index (χ0v) is 15.9. The van der Waals surface area contributed by atoms with Crippen molar-refractivity contribution >= 4 is 12.0 Å². The average molecular weight is 364 g/mol. The Labute approximate surface area is 156 Å². The van der Waals surface area contributed by atoms with Crippen LogP contribution in [-0.2, 0) is 4.74 Å². The first-order valence-corrected chi connectivity index (χ1v) is 10.4. The van der Waals surface area contributed by atoms with Crippen molar-refractivity contribution in [3.05, 3.63) is 0 Å². The first kappa shape index (κ1) is 17.9. The number of carbonyl (C=O) groups excluding carboxylic acids is 1. The highest BCUT2D eigenvalue weighted by Gasteiger charge is 2.65. The smallest absolute Gasteiger partial charge is 0.314 e. The number of rotatable bonds is 3. The van der Waals surface area contributed by atoms with Gasteiger partial charge in [-0.2, -0.15) is 0 Å². The first-order valence-electron chi connectivity index (χ1n) is 10.4. The van der Waals surface area contributed by atoms with Crippen LogP contribution in [0.5, 0.6) is 0 Å². The number of fused-ring (bicyclic) bond motifs is 2. The molecule has 3 unspecified atom stereocenters. The van der Waals surface area contributed by atoms with Gasteiger partial charge in [-0.1, -0.05) is 12.8 Å². The number of guanidine groups is 1. The third-order valence-electron chi connectivity index (χ3n) is 7.04. The number of urea groups is 1. The largest absolute Gasteiger partial charge is 0.377 e. The molecule has 2 aliphatic carbocycles. The summed E-state index contributed by atoms with van der Waals surface area (Å²) in [6, 6.07) is 0.522. The van der Waals surface area contributed by atoms with E-state index in [9.17, 15) is 4.79 Å². The maximum Gasteiger partial charge on any atom is 0.314 e. The molecule has 146 valence electrons. The van der Waals surface area contributed by atoms with Crippen LogP contribution in [0.25, 0.3) is 0 Å². The fourth-order valence-electron chi connectivity index (χ4n) is 5.78. The number of primary amides is 1. The van der Waals surface area contributed by atoms with Gasteiger partial charge in [-0.15, -0.1) is 0 Å². The maximum atomic E-state index is 11.3. The number of ether oxygens (including phenoxy) is 1.